The van der Waals surface area contributed by atoms with Crippen molar-refractivity contribution < 1.29 is 14.0 Å². The lowest BCUT2D eigenvalue weighted by Crippen LogP contribution is -2.46. The molecule has 37 heavy (non-hydrogen) atoms. The second-order valence-electron chi connectivity index (χ2n) is 9.98. The maximum atomic E-state index is 14.1. The Morgan fingerprint density at radius 2 is 1.84 bits per heavy atom. The lowest BCUT2D eigenvalue weighted by atomic mass is 9.84. The quantitative estimate of drug-likeness (QED) is 0.484. The molecule has 190 valence electrons. The molecular weight excluding hydrogens is 471 g/mol. The minimum atomic E-state index is -0.666. The minimum absolute atomic E-state index is 0.0389. The number of anilines is 1. The van der Waals surface area contributed by atoms with E-state index in [1.807, 2.05) is 30.3 Å². The first-order valence-electron chi connectivity index (χ1n) is 12.5. The number of halogens is 1. The first-order valence-corrected chi connectivity index (χ1v) is 12.5. The van der Waals surface area contributed by atoms with E-state index in [1.54, 1.807) is 23.0 Å². The van der Waals surface area contributed by atoms with Crippen LogP contribution in [0.25, 0.3) is 11.1 Å². The number of nitriles is 1. The normalized spacial score (nSPS) is 17.2. The third kappa shape index (κ3) is 5.25. The molecule has 0 bridgehead atoms. The van der Waals surface area contributed by atoms with Gasteiger partial charge in [0.1, 0.15) is 11.4 Å². The van der Waals surface area contributed by atoms with E-state index < -0.39 is 11.4 Å². The number of amides is 2. The van der Waals surface area contributed by atoms with Gasteiger partial charge in [0.05, 0.1) is 18.0 Å². The van der Waals surface area contributed by atoms with Crippen molar-refractivity contribution in [1.82, 2.24) is 14.7 Å². The zero-order valence-corrected chi connectivity index (χ0v) is 20.5. The summed E-state index contributed by atoms with van der Waals surface area (Å²) in [5, 5.41) is 16.9. The molecule has 1 saturated carbocycles. The van der Waals surface area contributed by atoms with Crippen LogP contribution in [0.4, 0.5) is 10.2 Å². The third-order valence-electron chi connectivity index (χ3n) is 7.40. The maximum absolute atomic E-state index is 14.1. The highest BCUT2D eigenvalue weighted by atomic mass is 19.1. The standard InChI is InChI=1S/C28H29FN6O2/c29-24-4-2-1-3-22(24)20-7-5-19(6-8-20)17-34-15-12-28(11-14-30,13-16-34)35-18-23(25(31)36)26(33-35)32-27(37)21-9-10-21/h1-8,18,21H,9-13,15-17H2,(H2,31,36)(H,32,33,37). The molecule has 1 aromatic heterocycles. The SMILES string of the molecule is N#CCC1(n2cc(C(N)=O)c(NC(=O)C3CC3)n2)CCN(Cc2ccc(-c3ccccc3F)cc2)CC1. The summed E-state index contributed by atoms with van der Waals surface area (Å²) in [6.45, 7) is 2.19. The molecular formula is C28H29FN6O2. The Labute approximate surface area is 214 Å². The molecule has 3 aromatic rings. The van der Waals surface area contributed by atoms with E-state index in [-0.39, 0.29) is 35.4 Å². The molecule has 1 aliphatic carbocycles. The molecule has 0 atom stereocenters. The number of aromatic nitrogens is 2. The largest absolute Gasteiger partial charge is 0.365 e. The van der Waals surface area contributed by atoms with Gasteiger partial charge in [0.25, 0.3) is 5.91 Å². The molecule has 2 aromatic carbocycles. The van der Waals surface area contributed by atoms with Gasteiger partial charge >= 0.3 is 0 Å². The summed E-state index contributed by atoms with van der Waals surface area (Å²) in [4.78, 5) is 26.7. The maximum Gasteiger partial charge on any atom is 0.254 e. The number of primary amides is 1. The Morgan fingerprint density at radius 3 is 2.46 bits per heavy atom. The van der Waals surface area contributed by atoms with Crippen LogP contribution in [0.15, 0.2) is 54.7 Å². The van der Waals surface area contributed by atoms with Gasteiger partial charge in [0.15, 0.2) is 5.82 Å². The van der Waals surface area contributed by atoms with Gasteiger partial charge < -0.3 is 11.1 Å². The van der Waals surface area contributed by atoms with Crippen molar-refractivity contribution in [2.75, 3.05) is 18.4 Å². The van der Waals surface area contributed by atoms with Crippen LogP contribution in [0.3, 0.4) is 0 Å². The Morgan fingerprint density at radius 1 is 1.14 bits per heavy atom. The van der Waals surface area contributed by atoms with E-state index in [4.69, 9.17) is 5.73 Å². The average Bonchev–Trinajstić information content (AvgIpc) is 3.66. The highest BCUT2D eigenvalue weighted by molar-refractivity contribution is 6.02. The second kappa shape index (κ2) is 10.1. The number of nitrogens with two attached hydrogens (primary N) is 1. The first kappa shape index (κ1) is 24.7. The lowest BCUT2D eigenvalue weighted by molar-refractivity contribution is -0.117. The van der Waals surface area contributed by atoms with Crippen LogP contribution in [0.2, 0.25) is 0 Å². The number of hydrogen-bond acceptors (Lipinski definition) is 5. The molecule has 1 aliphatic heterocycles. The van der Waals surface area contributed by atoms with Gasteiger partial charge in [-0.25, -0.2) is 4.39 Å². The summed E-state index contributed by atoms with van der Waals surface area (Å²) in [7, 11) is 0. The number of carbonyl (C=O) groups is 2. The smallest absolute Gasteiger partial charge is 0.254 e. The number of likely N-dealkylation sites (tertiary alicyclic amines) is 1. The summed E-state index contributed by atoms with van der Waals surface area (Å²) in [6.07, 6.45) is 4.78. The molecule has 8 nitrogen and oxygen atoms in total. The zero-order valence-electron chi connectivity index (χ0n) is 20.5. The van der Waals surface area contributed by atoms with Gasteiger partial charge in [-0.05, 0) is 42.9 Å². The molecule has 2 heterocycles. The monoisotopic (exact) mass is 500 g/mol. The van der Waals surface area contributed by atoms with Crippen molar-refractivity contribution in [3.05, 3.63) is 71.7 Å². The van der Waals surface area contributed by atoms with Crippen LogP contribution < -0.4 is 11.1 Å². The minimum Gasteiger partial charge on any atom is -0.365 e. The summed E-state index contributed by atoms with van der Waals surface area (Å²) >= 11 is 0. The Hall–Kier alpha value is -4.03. The number of nitrogens with one attached hydrogen (secondary N) is 1. The zero-order chi connectivity index (χ0) is 26.0. The summed E-state index contributed by atoms with van der Waals surface area (Å²) in [5.41, 5.74) is 7.67. The number of nitrogens with zero attached hydrogens (tertiary/aromatic N) is 4. The molecule has 2 fully saturated rings. The molecule has 5 rings (SSSR count). The van der Waals surface area contributed by atoms with Crippen molar-refractivity contribution in [2.45, 2.75) is 44.2 Å². The van der Waals surface area contributed by atoms with Crippen LogP contribution in [-0.4, -0.2) is 39.6 Å². The molecule has 2 amide bonds. The molecule has 0 spiro atoms. The topological polar surface area (TPSA) is 117 Å². The van der Waals surface area contributed by atoms with Crippen molar-refractivity contribution >= 4 is 17.6 Å². The van der Waals surface area contributed by atoms with E-state index in [0.29, 0.717) is 18.4 Å². The predicted octanol–water partition coefficient (Wildman–Crippen LogP) is 4.04. The highest BCUT2D eigenvalue weighted by Gasteiger charge is 2.39. The van der Waals surface area contributed by atoms with Crippen LogP contribution >= 0.6 is 0 Å². The van der Waals surface area contributed by atoms with Crippen LogP contribution in [0.1, 0.15) is 48.0 Å². The molecule has 0 radical (unpaired) electrons. The van der Waals surface area contributed by atoms with Gasteiger partial charge in [0, 0.05) is 37.3 Å². The fraction of sp³-hybridized carbons (Fsp3) is 0.357. The number of carbonyl (C=O) groups excluding carboxylic acids is 2. The van der Waals surface area contributed by atoms with Gasteiger partial charge in [-0.1, -0.05) is 42.5 Å². The Balaban J connectivity index is 1.28. The summed E-state index contributed by atoms with van der Waals surface area (Å²) < 4.78 is 15.8. The molecule has 1 saturated heterocycles. The number of benzene rings is 2. The molecule has 0 unspecified atom stereocenters. The first-order chi connectivity index (χ1) is 17.9. The Bertz CT molecular complexity index is 1350. The fourth-order valence-corrected chi connectivity index (χ4v) is 4.96. The van der Waals surface area contributed by atoms with E-state index in [2.05, 4.69) is 21.4 Å². The van der Waals surface area contributed by atoms with E-state index in [1.165, 1.54) is 6.07 Å². The van der Waals surface area contributed by atoms with Crippen LogP contribution in [-0.2, 0) is 16.9 Å². The van der Waals surface area contributed by atoms with Crippen molar-refractivity contribution in [1.29, 1.82) is 5.26 Å². The fourth-order valence-electron chi connectivity index (χ4n) is 4.96. The summed E-state index contributed by atoms with van der Waals surface area (Å²) in [5.74, 6) is -0.936. The van der Waals surface area contributed by atoms with E-state index in [9.17, 15) is 19.2 Å². The molecule has 3 N–H and O–H groups in total. The molecule has 2 aliphatic rings. The number of hydrogen-bond donors (Lipinski definition) is 2. The van der Waals surface area contributed by atoms with Gasteiger partial charge in [0.2, 0.25) is 5.91 Å². The van der Waals surface area contributed by atoms with E-state index >= 15 is 0 Å². The highest BCUT2D eigenvalue weighted by Crippen LogP contribution is 2.36. The second-order valence-corrected chi connectivity index (χ2v) is 9.98. The third-order valence-corrected chi connectivity index (χ3v) is 7.40. The van der Waals surface area contributed by atoms with Gasteiger partial charge in [-0.15, -0.1) is 0 Å². The van der Waals surface area contributed by atoms with Gasteiger partial charge in [-0.2, -0.15) is 10.4 Å². The molecule has 9 heteroatoms. The number of piperidine rings is 1. The number of rotatable bonds is 8. The lowest BCUT2D eigenvalue weighted by Gasteiger charge is -2.40. The summed E-state index contributed by atoms with van der Waals surface area (Å²) in [6, 6.07) is 16.9. The Kier molecular flexibility index (Phi) is 6.76. The van der Waals surface area contributed by atoms with Crippen molar-refractivity contribution in [2.24, 2.45) is 11.7 Å². The van der Waals surface area contributed by atoms with Crippen LogP contribution in [0.5, 0.6) is 0 Å². The average molecular weight is 501 g/mol. The van der Waals surface area contributed by atoms with Gasteiger partial charge in [-0.3, -0.25) is 19.2 Å². The predicted molar refractivity (Wildman–Crippen MR) is 137 cm³/mol. The van der Waals surface area contributed by atoms with Crippen molar-refractivity contribution in [3.8, 4) is 17.2 Å². The van der Waals surface area contributed by atoms with Crippen LogP contribution in [0, 0.1) is 23.1 Å². The van der Waals surface area contributed by atoms with E-state index in [0.717, 1.165) is 43.6 Å². The van der Waals surface area contributed by atoms with Crippen molar-refractivity contribution in [3.63, 3.8) is 0 Å².